The van der Waals surface area contributed by atoms with E-state index in [1.54, 1.807) is 11.3 Å². The van der Waals surface area contributed by atoms with E-state index in [0.29, 0.717) is 11.8 Å². The van der Waals surface area contributed by atoms with Crippen LogP contribution in [0.3, 0.4) is 0 Å². The van der Waals surface area contributed by atoms with Crippen LogP contribution in [0.5, 0.6) is 0 Å². The van der Waals surface area contributed by atoms with Gasteiger partial charge in [-0.3, -0.25) is 4.79 Å². The number of nitrogens with zero attached hydrogens (tertiary/aromatic N) is 1. The van der Waals surface area contributed by atoms with Gasteiger partial charge in [-0.1, -0.05) is 24.3 Å². The average Bonchev–Trinajstić information content (AvgIpc) is 3.27. The summed E-state index contributed by atoms with van der Waals surface area (Å²) in [6.07, 6.45) is 5.21. The number of rotatable bonds is 4. The fourth-order valence-corrected chi connectivity index (χ4v) is 4.66. The predicted octanol–water partition coefficient (Wildman–Crippen LogP) is 3.66. The number of carbonyl (C=O) groups excluding carboxylic acids is 1. The molecule has 1 aliphatic heterocycles. The molecule has 1 saturated heterocycles. The van der Waals surface area contributed by atoms with Crippen molar-refractivity contribution >= 4 is 22.4 Å². The van der Waals surface area contributed by atoms with Gasteiger partial charge in [0.05, 0.1) is 0 Å². The van der Waals surface area contributed by atoms with Gasteiger partial charge in [0.25, 0.3) is 0 Å². The second kappa shape index (κ2) is 6.65. The molecule has 0 bridgehead atoms. The highest BCUT2D eigenvalue weighted by Crippen LogP contribution is 2.49. The molecule has 1 aromatic carbocycles. The van der Waals surface area contributed by atoms with Gasteiger partial charge in [-0.15, -0.1) is 11.3 Å². The highest BCUT2D eigenvalue weighted by Gasteiger charge is 2.44. The van der Waals surface area contributed by atoms with E-state index in [0.717, 1.165) is 37.5 Å². The summed E-state index contributed by atoms with van der Waals surface area (Å²) in [6, 6.07) is 8.37. The number of hydrogen-bond donors (Lipinski definition) is 2. The SMILES string of the molecule is Cc1ccccc1C1CC1C(=O)Nc1ncc(C2CCNCC2)s1. The molecule has 2 atom stereocenters. The fraction of sp³-hybridized carbons (Fsp3) is 0.474. The van der Waals surface area contributed by atoms with Crippen LogP contribution in [0.1, 0.15) is 47.1 Å². The van der Waals surface area contributed by atoms with E-state index in [4.69, 9.17) is 0 Å². The molecule has 1 aromatic heterocycles. The molecular weight excluding hydrogens is 318 g/mol. The summed E-state index contributed by atoms with van der Waals surface area (Å²) < 4.78 is 0. The Hall–Kier alpha value is -1.72. The molecule has 1 saturated carbocycles. The maximum Gasteiger partial charge on any atom is 0.229 e. The van der Waals surface area contributed by atoms with Crippen LogP contribution in [0.25, 0.3) is 0 Å². The van der Waals surface area contributed by atoms with Gasteiger partial charge in [0.1, 0.15) is 0 Å². The first kappa shape index (κ1) is 15.8. The van der Waals surface area contributed by atoms with Crippen molar-refractivity contribution in [2.45, 2.75) is 38.0 Å². The highest BCUT2D eigenvalue weighted by molar-refractivity contribution is 7.15. The Morgan fingerprint density at radius 3 is 2.88 bits per heavy atom. The average molecular weight is 341 g/mol. The highest BCUT2D eigenvalue weighted by atomic mass is 32.1. The van der Waals surface area contributed by atoms with Gasteiger partial charge in [-0.05, 0) is 62.2 Å². The topological polar surface area (TPSA) is 54.0 Å². The lowest BCUT2D eigenvalue weighted by Gasteiger charge is -2.20. The van der Waals surface area contributed by atoms with Gasteiger partial charge in [0, 0.05) is 17.0 Å². The molecular formula is C19H23N3OS. The summed E-state index contributed by atoms with van der Waals surface area (Å²) in [5.74, 6) is 1.18. The van der Waals surface area contributed by atoms with E-state index in [1.807, 2.05) is 12.3 Å². The zero-order chi connectivity index (χ0) is 16.5. The molecule has 2 aliphatic rings. The first-order valence-corrected chi connectivity index (χ1v) is 9.57. The van der Waals surface area contributed by atoms with E-state index in [9.17, 15) is 4.79 Å². The normalized spacial score (nSPS) is 23.9. The van der Waals surface area contributed by atoms with E-state index in [-0.39, 0.29) is 11.8 Å². The van der Waals surface area contributed by atoms with Crippen LogP contribution in [0.4, 0.5) is 5.13 Å². The fourth-order valence-electron chi connectivity index (χ4n) is 3.67. The number of thiazole rings is 1. The zero-order valence-electron chi connectivity index (χ0n) is 13.9. The largest absolute Gasteiger partial charge is 0.317 e. The Bertz CT molecular complexity index is 736. The third-order valence-electron chi connectivity index (χ3n) is 5.21. The Morgan fingerprint density at radius 2 is 2.08 bits per heavy atom. The summed E-state index contributed by atoms with van der Waals surface area (Å²) in [6.45, 7) is 4.27. The monoisotopic (exact) mass is 341 g/mol. The lowest BCUT2D eigenvalue weighted by Crippen LogP contribution is -2.26. The van der Waals surface area contributed by atoms with Gasteiger partial charge >= 0.3 is 0 Å². The van der Waals surface area contributed by atoms with Crippen LogP contribution in [0.2, 0.25) is 0 Å². The maximum atomic E-state index is 12.5. The minimum Gasteiger partial charge on any atom is -0.317 e. The van der Waals surface area contributed by atoms with E-state index < -0.39 is 0 Å². The first-order chi connectivity index (χ1) is 11.7. The molecule has 0 spiro atoms. The van der Waals surface area contributed by atoms with Gasteiger partial charge < -0.3 is 10.6 Å². The number of carbonyl (C=O) groups is 1. The molecule has 0 radical (unpaired) electrons. The first-order valence-electron chi connectivity index (χ1n) is 8.75. The summed E-state index contributed by atoms with van der Waals surface area (Å²) in [5, 5.41) is 7.18. The van der Waals surface area contributed by atoms with Crippen LogP contribution in [-0.2, 0) is 4.79 Å². The Morgan fingerprint density at radius 1 is 1.29 bits per heavy atom. The number of aromatic nitrogens is 1. The van der Waals surface area contributed by atoms with Crippen molar-refractivity contribution in [1.29, 1.82) is 0 Å². The molecule has 2 heterocycles. The third kappa shape index (κ3) is 3.23. The summed E-state index contributed by atoms with van der Waals surface area (Å²) in [4.78, 5) is 18.2. The summed E-state index contributed by atoms with van der Waals surface area (Å²) in [5.41, 5.74) is 2.59. The van der Waals surface area contributed by atoms with Crippen molar-refractivity contribution in [2.75, 3.05) is 18.4 Å². The van der Waals surface area contributed by atoms with Crippen LogP contribution in [-0.4, -0.2) is 24.0 Å². The molecule has 24 heavy (non-hydrogen) atoms. The van der Waals surface area contributed by atoms with Crippen molar-refractivity contribution in [3.63, 3.8) is 0 Å². The second-order valence-electron chi connectivity index (χ2n) is 6.89. The lowest BCUT2D eigenvalue weighted by atomic mass is 9.97. The van der Waals surface area contributed by atoms with E-state index in [1.165, 1.54) is 16.0 Å². The number of nitrogens with one attached hydrogen (secondary N) is 2. The summed E-state index contributed by atoms with van der Waals surface area (Å²) >= 11 is 1.64. The van der Waals surface area contributed by atoms with Gasteiger partial charge in [0.15, 0.2) is 5.13 Å². The molecule has 1 amide bonds. The van der Waals surface area contributed by atoms with Crippen molar-refractivity contribution in [1.82, 2.24) is 10.3 Å². The van der Waals surface area contributed by atoms with Crippen LogP contribution < -0.4 is 10.6 Å². The number of aryl methyl sites for hydroxylation is 1. The Labute approximate surface area is 146 Å². The number of anilines is 1. The van der Waals surface area contributed by atoms with E-state index in [2.05, 4.69) is 40.7 Å². The van der Waals surface area contributed by atoms with Crippen molar-refractivity contribution in [3.8, 4) is 0 Å². The predicted molar refractivity (Wildman–Crippen MR) is 97.6 cm³/mol. The van der Waals surface area contributed by atoms with Crippen molar-refractivity contribution < 1.29 is 4.79 Å². The third-order valence-corrected chi connectivity index (χ3v) is 6.29. The minimum absolute atomic E-state index is 0.0948. The second-order valence-corrected chi connectivity index (χ2v) is 7.95. The van der Waals surface area contributed by atoms with Crippen LogP contribution >= 0.6 is 11.3 Å². The van der Waals surface area contributed by atoms with Crippen LogP contribution in [0, 0.1) is 12.8 Å². The molecule has 2 fully saturated rings. The molecule has 2 unspecified atom stereocenters. The zero-order valence-corrected chi connectivity index (χ0v) is 14.7. The minimum atomic E-state index is 0.0948. The molecule has 126 valence electrons. The van der Waals surface area contributed by atoms with Gasteiger partial charge in [-0.2, -0.15) is 0 Å². The molecule has 4 rings (SSSR count). The Balaban J connectivity index is 1.37. The van der Waals surface area contributed by atoms with Gasteiger partial charge in [0.2, 0.25) is 5.91 Å². The lowest BCUT2D eigenvalue weighted by molar-refractivity contribution is -0.117. The standard InChI is InChI=1S/C19H23N3OS/c1-12-4-2-3-5-14(12)15-10-16(15)18(23)22-19-21-11-17(24-19)13-6-8-20-9-7-13/h2-5,11,13,15-16,20H,6-10H2,1H3,(H,21,22,23). The smallest absolute Gasteiger partial charge is 0.229 e. The van der Waals surface area contributed by atoms with Gasteiger partial charge in [-0.25, -0.2) is 4.98 Å². The molecule has 5 heteroatoms. The number of benzene rings is 1. The quantitative estimate of drug-likeness (QED) is 0.892. The van der Waals surface area contributed by atoms with Crippen LogP contribution in [0.15, 0.2) is 30.5 Å². The number of amides is 1. The Kier molecular flexibility index (Phi) is 4.37. The summed E-state index contributed by atoms with van der Waals surface area (Å²) in [7, 11) is 0. The van der Waals surface area contributed by atoms with Crippen molar-refractivity contribution in [3.05, 3.63) is 46.5 Å². The molecule has 2 N–H and O–H groups in total. The number of hydrogen-bond acceptors (Lipinski definition) is 4. The van der Waals surface area contributed by atoms with Crippen molar-refractivity contribution in [2.24, 2.45) is 5.92 Å². The molecule has 1 aliphatic carbocycles. The molecule has 2 aromatic rings. The van der Waals surface area contributed by atoms with E-state index >= 15 is 0 Å². The number of piperidine rings is 1. The molecule has 4 nitrogen and oxygen atoms in total. The maximum absolute atomic E-state index is 12.5.